The van der Waals surface area contributed by atoms with Gasteiger partial charge in [0.25, 0.3) is 0 Å². The minimum atomic E-state index is 0.0456. The van der Waals surface area contributed by atoms with Crippen molar-refractivity contribution in [3.63, 3.8) is 0 Å². The van der Waals surface area contributed by atoms with E-state index in [1.165, 1.54) is 0 Å². The van der Waals surface area contributed by atoms with Gasteiger partial charge in [-0.25, -0.2) is 4.98 Å². The Balaban J connectivity index is 1.88. The third-order valence-electron chi connectivity index (χ3n) is 2.81. The first-order valence-electron chi connectivity index (χ1n) is 5.65. The zero-order valence-electron chi connectivity index (χ0n) is 9.48. The molecule has 0 saturated carbocycles. The van der Waals surface area contributed by atoms with Crippen molar-refractivity contribution in [3.05, 3.63) is 16.6 Å². The van der Waals surface area contributed by atoms with Gasteiger partial charge in [0.05, 0.1) is 5.01 Å². The Hall–Kier alpha value is -0.940. The molecule has 1 fully saturated rings. The van der Waals surface area contributed by atoms with Gasteiger partial charge in [0, 0.05) is 50.1 Å². The number of nitrogens with zero attached hydrogens (tertiary/aromatic N) is 2. The van der Waals surface area contributed by atoms with Gasteiger partial charge in [-0.3, -0.25) is 4.79 Å². The van der Waals surface area contributed by atoms with E-state index in [4.69, 9.17) is 0 Å². The van der Waals surface area contributed by atoms with Crippen LogP contribution in [0.3, 0.4) is 0 Å². The molecule has 1 amide bonds. The summed E-state index contributed by atoms with van der Waals surface area (Å²) in [6.07, 6.45) is 2.56. The number of rotatable bonds is 3. The van der Waals surface area contributed by atoms with E-state index in [2.05, 4.69) is 10.3 Å². The molecule has 1 unspecified atom stereocenters. The second kappa shape index (κ2) is 5.41. The van der Waals surface area contributed by atoms with Crippen molar-refractivity contribution in [2.75, 3.05) is 26.2 Å². The third-order valence-corrected chi connectivity index (χ3v) is 3.62. The topological polar surface area (TPSA) is 45.2 Å². The molecule has 0 bridgehead atoms. The van der Waals surface area contributed by atoms with E-state index in [0.29, 0.717) is 0 Å². The van der Waals surface area contributed by atoms with Gasteiger partial charge in [0.2, 0.25) is 5.91 Å². The van der Waals surface area contributed by atoms with Gasteiger partial charge in [0.15, 0.2) is 0 Å². The lowest BCUT2D eigenvalue weighted by Gasteiger charge is -2.29. The fourth-order valence-corrected chi connectivity index (χ4v) is 2.65. The first kappa shape index (κ1) is 11.5. The molecule has 0 radical (unpaired) electrons. The highest BCUT2D eigenvalue weighted by Crippen LogP contribution is 2.13. The van der Waals surface area contributed by atoms with E-state index in [1.54, 1.807) is 17.5 Å². The minimum Gasteiger partial charge on any atom is -0.340 e. The molecule has 0 aromatic carbocycles. The van der Waals surface area contributed by atoms with E-state index < -0.39 is 0 Å². The molecule has 2 heterocycles. The average molecular weight is 239 g/mol. The largest absolute Gasteiger partial charge is 0.340 e. The Morgan fingerprint density at radius 3 is 3.00 bits per heavy atom. The summed E-state index contributed by atoms with van der Waals surface area (Å²) in [5.41, 5.74) is 0. The lowest BCUT2D eigenvalue weighted by atomic mass is 10.1. The summed E-state index contributed by atoms with van der Waals surface area (Å²) >= 11 is 1.62. The van der Waals surface area contributed by atoms with Crippen LogP contribution in [0.1, 0.15) is 11.9 Å². The maximum atomic E-state index is 12.1. The van der Waals surface area contributed by atoms with Crippen LogP contribution >= 0.6 is 11.3 Å². The number of aromatic nitrogens is 1. The summed E-state index contributed by atoms with van der Waals surface area (Å²) in [7, 11) is 0. The molecule has 5 heteroatoms. The summed E-state index contributed by atoms with van der Waals surface area (Å²) < 4.78 is 0. The molecule has 1 atom stereocenters. The van der Waals surface area contributed by atoms with Crippen molar-refractivity contribution in [1.29, 1.82) is 0 Å². The summed E-state index contributed by atoms with van der Waals surface area (Å²) in [6.45, 7) is 5.49. The highest BCUT2D eigenvalue weighted by Gasteiger charge is 2.22. The van der Waals surface area contributed by atoms with Gasteiger partial charge >= 0.3 is 0 Å². The number of hydrogen-bond donors (Lipinski definition) is 1. The SMILES string of the molecule is CC(Cc1nccs1)C(=O)N1CCNCC1. The van der Waals surface area contributed by atoms with Crippen LogP contribution in [-0.4, -0.2) is 42.0 Å². The van der Waals surface area contributed by atoms with Crippen molar-refractivity contribution in [2.24, 2.45) is 5.92 Å². The zero-order valence-corrected chi connectivity index (χ0v) is 10.3. The lowest BCUT2D eigenvalue weighted by Crippen LogP contribution is -2.48. The summed E-state index contributed by atoms with van der Waals surface area (Å²) in [5, 5.41) is 6.26. The van der Waals surface area contributed by atoms with E-state index >= 15 is 0 Å². The number of piperazine rings is 1. The predicted molar refractivity (Wildman–Crippen MR) is 64.4 cm³/mol. The smallest absolute Gasteiger partial charge is 0.225 e. The van der Waals surface area contributed by atoms with Crippen molar-refractivity contribution in [1.82, 2.24) is 15.2 Å². The van der Waals surface area contributed by atoms with Gasteiger partial charge in [-0.15, -0.1) is 11.3 Å². The lowest BCUT2D eigenvalue weighted by molar-refractivity contribution is -0.135. The number of thiazole rings is 1. The number of amides is 1. The van der Waals surface area contributed by atoms with Crippen molar-refractivity contribution in [2.45, 2.75) is 13.3 Å². The zero-order chi connectivity index (χ0) is 11.4. The molecule has 1 aromatic heterocycles. The van der Waals surface area contributed by atoms with Crippen molar-refractivity contribution >= 4 is 17.2 Å². The van der Waals surface area contributed by atoms with Gasteiger partial charge in [-0.05, 0) is 0 Å². The maximum Gasteiger partial charge on any atom is 0.225 e. The highest BCUT2D eigenvalue weighted by molar-refractivity contribution is 7.09. The van der Waals surface area contributed by atoms with Crippen molar-refractivity contribution in [3.8, 4) is 0 Å². The number of nitrogens with one attached hydrogen (secondary N) is 1. The van der Waals surface area contributed by atoms with Crippen LogP contribution in [0.15, 0.2) is 11.6 Å². The molecule has 4 nitrogen and oxygen atoms in total. The number of hydrogen-bond acceptors (Lipinski definition) is 4. The van der Waals surface area contributed by atoms with E-state index in [9.17, 15) is 4.79 Å². The minimum absolute atomic E-state index is 0.0456. The Kier molecular flexibility index (Phi) is 3.90. The van der Waals surface area contributed by atoms with Crippen LogP contribution in [0, 0.1) is 5.92 Å². The monoisotopic (exact) mass is 239 g/mol. The summed E-state index contributed by atoms with van der Waals surface area (Å²) in [4.78, 5) is 18.3. The molecule has 0 spiro atoms. The number of carbonyl (C=O) groups excluding carboxylic acids is 1. The fourth-order valence-electron chi connectivity index (χ4n) is 1.90. The predicted octanol–water partition coefficient (Wildman–Crippen LogP) is 0.753. The molecule has 16 heavy (non-hydrogen) atoms. The van der Waals surface area contributed by atoms with Crippen LogP contribution in [0.5, 0.6) is 0 Å². The average Bonchev–Trinajstić information content (AvgIpc) is 2.82. The van der Waals surface area contributed by atoms with E-state index in [-0.39, 0.29) is 11.8 Å². The van der Waals surface area contributed by atoms with E-state index in [0.717, 1.165) is 37.6 Å². The molecule has 1 aromatic rings. The molecule has 1 N–H and O–H groups in total. The standard InChI is InChI=1S/C11H17N3OS/c1-9(8-10-13-4-7-16-10)11(15)14-5-2-12-3-6-14/h4,7,9,12H,2-3,5-6,8H2,1H3. The van der Waals surface area contributed by atoms with Crippen LogP contribution in [-0.2, 0) is 11.2 Å². The molecular weight excluding hydrogens is 222 g/mol. The maximum absolute atomic E-state index is 12.1. The molecule has 1 aliphatic heterocycles. The molecule has 0 aliphatic carbocycles. The van der Waals surface area contributed by atoms with Gasteiger partial charge < -0.3 is 10.2 Å². The summed E-state index contributed by atoms with van der Waals surface area (Å²) in [5.74, 6) is 0.306. The summed E-state index contributed by atoms with van der Waals surface area (Å²) in [6, 6.07) is 0. The normalized spacial score (nSPS) is 18.4. The fraction of sp³-hybridized carbons (Fsp3) is 0.636. The van der Waals surface area contributed by atoms with Crippen LogP contribution in [0.25, 0.3) is 0 Å². The number of carbonyl (C=O) groups is 1. The molecular formula is C11H17N3OS. The highest BCUT2D eigenvalue weighted by atomic mass is 32.1. The Morgan fingerprint density at radius 2 is 2.38 bits per heavy atom. The molecule has 88 valence electrons. The first-order chi connectivity index (χ1) is 7.77. The molecule has 1 saturated heterocycles. The van der Waals surface area contributed by atoms with E-state index in [1.807, 2.05) is 17.2 Å². The Morgan fingerprint density at radius 1 is 1.62 bits per heavy atom. The van der Waals surface area contributed by atoms with Gasteiger partial charge in [0.1, 0.15) is 0 Å². The van der Waals surface area contributed by atoms with Crippen LogP contribution in [0.2, 0.25) is 0 Å². The second-order valence-electron chi connectivity index (χ2n) is 4.11. The van der Waals surface area contributed by atoms with Crippen LogP contribution < -0.4 is 5.32 Å². The van der Waals surface area contributed by atoms with Gasteiger partial charge in [-0.1, -0.05) is 6.92 Å². The second-order valence-corrected chi connectivity index (χ2v) is 5.09. The van der Waals surface area contributed by atoms with Crippen molar-refractivity contribution < 1.29 is 4.79 Å². The van der Waals surface area contributed by atoms with Crippen LogP contribution in [0.4, 0.5) is 0 Å². The Labute approximate surface area is 99.7 Å². The molecule has 2 rings (SSSR count). The Bertz CT molecular complexity index is 333. The molecule has 1 aliphatic rings. The van der Waals surface area contributed by atoms with Gasteiger partial charge in [-0.2, -0.15) is 0 Å². The first-order valence-corrected chi connectivity index (χ1v) is 6.53. The quantitative estimate of drug-likeness (QED) is 0.847. The third kappa shape index (κ3) is 2.80.